The van der Waals surface area contributed by atoms with E-state index in [2.05, 4.69) is 14.9 Å². The Kier molecular flexibility index (Phi) is 3.91. The Bertz CT molecular complexity index is 416. The summed E-state index contributed by atoms with van der Waals surface area (Å²) in [5.41, 5.74) is 1.85. The molecule has 1 aliphatic rings. The number of nitrogens with zero attached hydrogens (tertiary/aromatic N) is 4. The average Bonchev–Trinajstić information content (AvgIpc) is 2.79. The summed E-state index contributed by atoms with van der Waals surface area (Å²) in [6, 6.07) is 0.00287. The third-order valence-electron chi connectivity index (χ3n) is 3.29. The van der Waals surface area contributed by atoms with Gasteiger partial charge < -0.3 is 4.90 Å². The second kappa shape index (κ2) is 5.44. The Morgan fingerprint density at radius 2 is 2.22 bits per heavy atom. The van der Waals surface area contributed by atoms with Crippen molar-refractivity contribution >= 4 is 5.91 Å². The minimum absolute atomic E-state index is 0.00287. The minimum Gasteiger partial charge on any atom is -0.347 e. The molecule has 1 atom stereocenters. The van der Waals surface area contributed by atoms with Gasteiger partial charge in [-0.05, 0) is 26.3 Å². The molecule has 0 radical (unpaired) electrons. The number of aromatic nitrogens is 2. The molecule has 0 spiro atoms. The highest BCUT2D eigenvalue weighted by Crippen LogP contribution is 2.20. The van der Waals surface area contributed by atoms with E-state index in [0.29, 0.717) is 6.54 Å². The molecule has 0 N–H and O–H groups in total. The zero-order valence-corrected chi connectivity index (χ0v) is 11.3. The van der Waals surface area contributed by atoms with Gasteiger partial charge in [0.25, 0.3) is 0 Å². The van der Waals surface area contributed by atoms with Gasteiger partial charge in [0.1, 0.15) is 0 Å². The number of amides is 1. The molecule has 18 heavy (non-hydrogen) atoms. The van der Waals surface area contributed by atoms with E-state index in [9.17, 15) is 4.79 Å². The molecule has 1 saturated heterocycles. The number of likely N-dealkylation sites (N-methyl/N-ethyl adjacent to an activating group) is 1. The summed E-state index contributed by atoms with van der Waals surface area (Å²) in [7, 11) is 3.62. The van der Waals surface area contributed by atoms with Crippen LogP contribution in [0, 0.1) is 6.92 Å². The lowest BCUT2D eigenvalue weighted by Gasteiger charge is -2.25. The summed E-state index contributed by atoms with van der Waals surface area (Å²) in [6.45, 7) is 3.59. The molecule has 1 aromatic rings. The summed E-state index contributed by atoms with van der Waals surface area (Å²) >= 11 is 0. The van der Waals surface area contributed by atoms with E-state index < -0.39 is 0 Å². The fourth-order valence-corrected chi connectivity index (χ4v) is 2.30. The SMILES string of the molecule is Cc1cnc(CN2CCC[C@H]2C(=O)N(C)C)cn1. The molecule has 2 rings (SSSR count). The lowest BCUT2D eigenvalue weighted by Crippen LogP contribution is -2.42. The van der Waals surface area contributed by atoms with Gasteiger partial charge in [0.05, 0.1) is 17.4 Å². The summed E-state index contributed by atoms with van der Waals surface area (Å²) in [5.74, 6) is 0.188. The first-order valence-electron chi connectivity index (χ1n) is 6.30. The number of likely N-dealkylation sites (tertiary alicyclic amines) is 1. The van der Waals surface area contributed by atoms with E-state index in [0.717, 1.165) is 30.8 Å². The van der Waals surface area contributed by atoms with Crippen LogP contribution >= 0.6 is 0 Å². The molecular weight excluding hydrogens is 228 g/mol. The lowest BCUT2D eigenvalue weighted by molar-refractivity contribution is -0.133. The Balaban J connectivity index is 2.04. The summed E-state index contributed by atoms with van der Waals surface area (Å²) in [5, 5.41) is 0. The maximum atomic E-state index is 12.0. The van der Waals surface area contributed by atoms with Gasteiger partial charge in [0.2, 0.25) is 5.91 Å². The standard InChI is InChI=1S/C13H20N4O/c1-10-7-15-11(8-14-10)9-17-6-4-5-12(17)13(18)16(2)3/h7-8,12H,4-6,9H2,1-3H3/t12-/m0/s1. The zero-order valence-electron chi connectivity index (χ0n) is 11.3. The largest absolute Gasteiger partial charge is 0.347 e. The molecule has 98 valence electrons. The molecule has 0 saturated carbocycles. The van der Waals surface area contributed by atoms with Gasteiger partial charge in [0, 0.05) is 33.0 Å². The van der Waals surface area contributed by atoms with Crippen molar-refractivity contribution in [3.05, 3.63) is 23.8 Å². The first-order valence-corrected chi connectivity index (χ1v) is 6.30. The topological polar surface area (TPSA) is 49.3 Å². The third kappa shape index (κ3) is 2.85. The van der Waals surface area contributed by atoms with Gasteiger partial charge in [-0.25, -0.2) is 0 Å². The number of carbonyl (C=O) groups is 1. The number of carbonyl (C=O) groups excluding carboxylic acids is 1. The van der Waals surface area contributed by atoms with Gasteiger partial charge in [-0.3, -0.25) is 19.7 Å². The van der Waals surface area contributed by atoms with Gasteiger partial charge in [-0.2, -0.15) is 0 Å². The van der Waals surface area contributed by atoms with Gasteiger partial charge in [0.15, 0.2) is 0 Å². The van der Waals surface area contributed by atoms with Gasteiger partial charge in [-0.15, -0.1) is 0 Å². The van der Waals surface area contributed by atoms with E-state index >= 15 is 0 Å². The predicted molar refractivity (Wildman–Crippen MR) is 68.9 cm³/mol. The zero-order chi connectivity index (χ0) is 13.1. The van der Waals surface area contributed by atoms with Crippen LogP contribution in [0.1, 0.15) is 24.2 Å². The first kappa shape index (κ1) is 13.0. The molecule has 1 aromatic heterocycles. The smallest absolute Gasteiger partial charge is 0.239 e. The van der Waals surface area contributed by atoms with Gasteiger partial charge in [-0.1, -0.05) is 0 Å². The molecule has 0 unspecified atom stereocenters. The molecule has 1 fully saturated rings. The van der Waals surface area contributed by atoms with Crippen molar-refractivity contribution in [1.29, 1.82) is 0 Å². The molecule has 1 amide bonds. The van der Waals surface area contributed by atoms with Crippen molar-refractivity contribution in [1.82, 2.24) is 19.8 Å². The Morgan fingerprint density at radius 3 is 2.83 bits per heavy atom. The number of rotatable bonds is 3. The van der Waals surface area contributed by atoms with Crippen LogP contribution in [-0.4, -0.2) is 52.4 Å². The van der Waals surface area contributed by atoms with E-state index in [-0.39, 0.29) is 11.9 Å². The minimum atomic E-state index is 0.00287. The fourth-order valence-electron chi connectivity index (χ4n) is 2.30. The highest BCUT2D eigenvalue weighted by molar-refractivity contribution is 5.81. The van der Waals surface area contributed by atoms with Crippen LogP contribution in [0.5, 0.6) is 0 Å². The second-order valence-corrected chi connectivity index (χ2v) is 5.01. The molecular formula is C13H20N4O. The van der Waals surface area contributed by atoms with Crippen LogP contribution in [0.25, 0.3) is 0 Å². The monoisotopic (exact) mass is 248 g/mol. The highest BCUT2D eigenvalue weighted by atomic mass is 16.2. The van der Waals surface area contributed by atoms with Crippen molar-refractivity contribution in [3.8, 4) is 0 Å². The molecule has 5 heteroatoms. The van der Waals surface area contributed by atoms with Crippen LogP contribution < -0.4 is 0 Å². The van der Waals surface area contributed by atoms with Crippen molar-refractivity contribution < 1.29 is 4.79 Å². The fraction of sp³-hybridized carbons (Fsp3) is 0.615. The number of hydrogen-bond donors (Lipinski definition) is 0. The first-order chi connectivity index (χ1) is 8.58. The molecule has 1 aliphatic heterocycles. The van der Waals surface area contributed by atoms with Gasteiger partial charge >= 0.3 is 0 Å². The van der Waals surface area contributed by atoms with E-state index in [1.54, 1.807) is 17.3 Å². The maximum Gasteiger partial charge on any atom is 0.239 e. The van der Waals surface area contributed by atoms with E-state index in [4.69, 9.17) is 0 Å². The Morgan fingerprint density at radius 1 is 1.44 bits per heavy atom. The molecule has 2 heterocycles. The van der Waals surface area contributed by atoms with Crippen molar-refractivity contribution in [3.63, 3.8) is 0 Å². The van der Waals surface area contributed by atoms with Crippen molar-refractivity contribution in [2.24, 2.45) is 0 Å². The van der Waals surface area contributed by atoms with E-state index in [1.165, 1.54) is 0 Å². The van der Waals surface area contributed by atoms with Crippen LogP contribution in [0.2, 0.25) is 0 Å². The molecule has 0 bridgehead atoms. The Labute approximate surface area is 108 Å². The molecule has 0 aliphatic carbocycles. The van der Waals surface area contributed by atoms with E-state index in [1.807, 2.05) is 21.0 Å². The average molecular weight is 248 g/mol. The summed E-state index contributed by atoms with van der Waals surface area (Å²) in [6.07, 6.45) is 5.58. The lowest BCUT2D eigenvalue weighted by atomic mass is 10.2. The van der Waals surface area contributed by atoms with Crippen LogP contribution in [0.15, 0.2) is 12.4 Å². The van der Waals surface area contributed by atoms with Crippen LogP contribution in [0.4, 0.5) is 0 Å². The number of aryl methyl sites for hydroxylation is 1. The van der Waals surface area contributed by atoms with Crippen LogP contribution in [-0.2, 0) is 11.3 Å². The third-order valence-corrected chi connectivity index (χ3v) is 3.29. The highest BCUT2D eigenvalue weighted by Gasteiger charge is 2.31. The second-order valence-electron chi connectivity index (χ2n) is 5.01. The summed E-state index contributed by atoms with van der Waals surface area (Å²) in [4.78, 5) is 24.5. The maximum absolute atomic E-state index is 12.0. The molecule has 0 aromatic carbocycles. The quantitative estimate of drug-likeness (QED) is 0.795. The Hall–Kier alpha value is -1.49. The normalized spacial score (nSPS) is 20.1. The number of hydrogen-bond acceptors (Lipinski definition) is 4. The van der Waals surface area contributed by atoms with Crippen molar-refractivity contribution in [2.75, 3.05) is 20.6 Å². The van der Waals surface area contributed by atoms with Crippen molar-refractivity contribution in [2.45, 2.75) is 32.4 Å². The molecule has 5 nitrogen and oxygen atoms in total. The summed E-state index contributed by atoms with van der Waals surface area (Å²) < 4.78 is 0. The van der Waals surface area contributed by atoms with Crippen LogP contribution in [0.3, 0.4) is 0 Å². The predicted octanol–water partition coefficient (Wildman–Crippen LogP) is 0.838.